The highest BCUT2D eigenvalue weighted by molar-refractivity contribution is 8.26. The Morgan fingerprint density at radius 2 is 1.86 bits per heavy atom. The molecule has 0 N–H and O–H groups in total. The van der Waals surface area contributed by atoms with Gasteiger partial charge in [0.05, 0.1) is 18.1 Å². The summed E-state index contributed by atoms with van der Waals surface area (Å²) in [5, 5.41) is 0. The van der Waals surface area contributed by atoms with Crippen molar-refractivity contribution in [2.75, 3.05) is 19.8 Å². The second-order valence-electron chi connectivity index (χ2n) is 6.75. The van der Waals surface area contributed by atoms with Crippen LogP contribution >= 0.6 is 24.0 Å². The number of thiocarbonyl (C=S) groups is 1. The Morgan fingerprint density at radius 1 is 1.10 bits per heavy atom. The molecule has 152 valence electrons. The minimum atomic E-state index is -0.0302. The van der Waals surface area contributed by atoms with E-state index in [0.29, 0.717) is 29.0 Å². The van der Waals surface area contributed by atoms with Gasteiger partial charge in [0.25, 0.3) is 5.91 Å². The third-order valence-corrected chi connectivity index (χ3v) is 6.09. The number of carbonyl (C=O) groups excluding carboxylic acids is 1. The van der Waals surface area contributed by atoms with Crippen LogP contribution in [0, 0.1) is 13.8 Å². The first-order valence-corrected chi connectivity index (χ1v) is 10.9. The Balaban J connectivity index is 1.51. The predicted octanol–water partition coefficient (Wildman–Crippen LogP) is 5.37. The molecule has 0 atom stereocenters. The minimum Gasteiger partial charge on any atom is -0.493 e. The van der Waals surface area contributed by atoms with E-state index in [9.17, 15) is 4.79 Å². The fourth-order valence-corrected chi connectivity index (χ4v) is 4.31. The van der Waals surface area contributed by atoms with Gasteiger partial charge in [0, 0.05) is 13.0 Å². The van der Waals surface area contributed by atoms with Crippen LogP contribution in [0.3, 0.4) is 0 Å². The van der Waals surface area contributed by atoms with Crippen molar-refractivity contribution in [3.05, 3.63) is 64.1 Å². The molecule has 0 unspecified atom stereocenters. The van der Waals surface area contributed by atoms with Gasteiger partial charge in [0.1, 0.15) is 15.8 Å². The maximum atomic E-state index is 12.3. The van der Waals surface area contributed by atoms with Crippen LogP contribution in [0.4, 0.5) is 0 Å². The average molecular weight is 428 g/mol. The monoisotopic (exact) mass is 427 g/mol. The highest BCUT2D eigenvalue weighted by Crippen LogP contribution is 2.32. The molecule has 4 nitrogen and oxygen atoms in total. The maximum absolute atomic E-state index is 12.3. The Kier molecular flexibility index (Phi) is 7.34. The van der Waals surface area contributed by atoms with E-state index < -0.39 is 0 Å². The summed E-state index contributed by atoms with van der Waals surface area (Å²) >= 11 is 6.60. The van der Waals surface area contributed by atoms with Gasteiger partial charge in [-0.05, 0) is 61.7 Å². The lowest BCUT2D eigenvalue weighted by Gasteiger charge is -2.11. The molecule has 1 aliphatic heterocycles. The first kappa shape index (κ1) is 21.4. The van der Waals surface area contributed by atoms with Gasteiger partial charge in [0.2, 0.25) is 0 Å². The second kappa shape index (κ2) is 9.94. The van der Waals surface area contributed by atoms with Crippen molar-refractivity contribution in [1.29, 1.82) is 0 Å². The molecular weight excluding hydrogens is 402 g/mol. The van der Waals surface area contributed by atoms with Gasteiger partial charge in [-0.15, -0.1) is 0 Å². The highest BCUT2D eigenvalue weighted by Gasteiger charge is 2.30. The molecule has 0 aromatic heterocycles. The van der Waals surface area contributed by atoms with Crippen LogP contribution in [0.25, 0.3) is 6.08 Å². The van der Waals surface area contributed by atoms with Gasteiger partial charge in [-0.3, -0.25) is 9.69 Å². The number of rotatable bonds is 8. The summed E-state index contributed by atoms with van der Waals surface area (Å²) in [5.74, 6) is 1.67. The molecule has 6 heteroatoms. The summed E-state index contributed by atoms with van der Waals surface area (Å²) in [4.78, 5) is 14.6. The minimum absolute atomic E-state index is 0.0302. The molecule has 1 aliphatic rings. The quantitative estimate of drug-likeness (QED) is 0.322. The molecule has 2 aromatic rings. The van der Waals surface area contributed by atoms with Crippen LogP contribution in [0.5, 0.6) is 11.5 Å². The van der Waals surface area contributed by atoms with E-state index in [1.165, 1.54) is 22.9 Å². The van der Waals surface area contributed by atoms with Crippen LogP contribution in [-0.2, 0) is 4.79 Å². The molecule has 0 aliphatic carbocycles. The zero-order chi connectivity index (χ0) is 20.8. The molecule has 0 spiro atoms. The molecule has 1 fully saturated rings. The van der Waals surface area contributed by atoms with Gasteiger partial charge in [-0.1, -0.05) is 48.2 Å². The number of amides is 1. The lowest BCUT2D eigenvalue weighted by molar-refractivity contribution is -0.121. The fraction of sp³-hybridized carbons (Fsp3) is 0.304. The number of hydrogen-bond acceptors (Lipinski definition) is 5. The molecule has 29 heavy (non-hydrogen) atoms. The van der Waals surface area contributed by atoms with E-state index >= 15 is 0 Å². The fourth-order valence-electron chi connectivity index (χ4n) is 2.93. The summed E-state index contributed by atoms with van der Waals surface area (Å²) < 4.78 is 12.3. The van der Waals surface area contributed by atoms with Gasteiger partial charge < -0.3 is 9.47 Å². The molecule has 0 bridgehead atoms. The normalized spacial score (nSPS) is 15.3. The van der Waals surface area contributed by atoms with E-state index in [-0.39, 0.29) is 5.91 Å². The van der Waals surface area contributed by atoms with Gasteiger partial charge in [-0.25, -0.2) is 0 Å². The third-order valence-electron chi connectivity index (χ3n) is 4.72. The first-order chi connectivity index (χ1) is 14.0. The lowest BCUT2D eigenvalue weighted by atomic mass is 10.1. The van der Waals surface area contributed by atoms with E-state index in [4.69, 9.17) is 21.7 Å². The first-order valence-electron chi connectivity index (χ1n) is 9.67. The van der Waals surface area contributed by atoms with Crippen molar-refractivity contribution >= 4 is 40.3 Å². The molecular formula is C23H25NO3S2. The number of carbonyl (C=O) groups is 1. The Bertz CT molecular complexity index is 939. The van der Waals surface area contributed by atoms with Crippen LogP contribution in [0.2, 0.25) is 0 Å². The van der Waals surface area contributed by atoms with Crippen molar-refractivity contribution < 1.29 is 14.3 Å². The van der Waals surface area contributed by atoms with E-state index in [2.05, 4.69) is 19.9 Å². The standard InChI is InChI=1S/C23H25NO3S2/c1-4-24-22(25)21(29-23(24)28)15-18-9-6-10-19(14-18)26-12-7-13-27-20-11-5-8-16(2)17(20)3/h5-6,8-11,14-15H,4,7,12-13H2,1-3H3/b21-15-. The van der Waals surface area contributed by atoms with Crippen molar-refractivity contribution in [2.45, 2.75) is 27.2 Å². The van der Waals surface area contributed by atoms with Crippen LogP contribution in [0.15, 0.2) is 47.4 Å². The summed E-state index contributed by atoms with van der Waals surface area (Å²) in [5.41, 5.74) is 3.33. The Labute approximate surface area is 181 Å². The van der Waals surface area contributed by atoms with Gasteiger partial charge in [0.15, 0.2) is 0 Å². The van der Waals surface area contributed by atoms with Crippen molar-refractivity contribution in [3.8, 4) is 11.5 Å². The van der Waals surface area contributed by atoms with Gasteiger partial charge >= 0.3 is 0 Å². The third kappa shape index (κ3) is 5.40. The molecule has 2 aromatic carbocycles. The molecule has 0 radical (unpaired) electrons. The second-order valence-corrected chi connectivity index (χ2v) is 8.42. The smallest absolute Gasteiger partial charge is 0.266 e. The topological polar surface area (TPSA) is 38.8 Å². The largest absolute Gasteiger partial charge is 0.493 e. The number of aryl methyl sites for hydroxylation is 1. The predicted molar refractivity (Wildman–Crippen MR) is 124 cm³/mol. The number of thioether (sulfide) groups is 1. The van der Waals surface area contributed by atoms with Crippen molar-refractivity contribution in [2.24, 2.45) is 0 Å². The SMILES string of the molecule is CCN1C(=O)/C(=C/c2cccc(OCCCOc3cccc(C)c3C)c2)SC1=S. The van der Waals surface area contributed by atoms with Crippen LogP contribution in [0.1, 0.15) is 30.0 Å². The summed E-state index contributed by atoms with van der Waals surface area (Å²) in [6.45, 7) is 7.83. The summed E-state index contributed by atoms with van der Waals surface area (Å²) in [7, 11) is 0. The van der Waals surface area contributed by atoms with E-state index in [0.717, 1.165) is 23.5 Å². The van der Waals surface area contributed by atoms with Crippen LogP contribution < -0.4 is 9.47 Å². The lowest BCUT2D eigenvalue weighted by Crippen LogP contribution is -2.27. The number of ether oxygens (including phenoxy) is 2. The van der Waals surface area contributed by atoms with E-state index in [1.54, 1.807) is 4.90 Å². The molecule has 1 amide bonds. The average Bonchev–Trinajstić information content (AvgIpc) is 2.97. The van der Waals surface area contributed by atoms with Crippen molar-refractivity contribution in [1.82, 2.24) is 4.90 Å². The van der Waals surface area contributed by atoms with Crippen molar-refractivity contribution in [3.63, 3.8) is 0 Å². The molecule has 1 heterocycles. The number of hydrogen-bond donors (Lipinski definition) is 0. The highest BCUT2D eigenvalue weighted by atomic mass is 32.2. The summed E-state index contributed by atoms with van der Waals surface area (Å²) in [6, 6.07) is 13.8. The maximum Gasteiger partial charge on any atom is 0.266 e. The molecule has 0 saturated carbocycles. The zero-order valence-electron chi connectivity index (χ0n) is 16.9. The summed E-state index contributed by atoms with van der Waals surface area (Å²) in [6.07, 6.45) is 2.65. The number of nitrogens with zero attached hydrogens (tertiary/aromatic N) is 1. The van der Waals surface area contributed by atoms with E-state index in [1.807, 2.05) is 49.4 Å². The zero-order valence-corrected chi connectivity index (χ0v) is 18.6. The Hall–Kier alpha value is -2.31. The number of benzene rings is 2. The molecule has 1 saturated heterocycles. The Morgan fingerprint density at radius 3 is 2.62 bits per heavy atom. The van der Waals surface area contributed by atoms with Crippen LogP contribution in [-0.4, -0.2) is 34.9 Å². The van der Waals surface area contributed by atoms with Gasteiger partial charge in [-0.2, -0.15) is 0 Å². The molecule has 3 rings (SSSR count). The number of likely N-dealkylation sites (N-methyl/N-ethyl adjacent to an activating group) is 1.